The number of urea groups is 2. The Hall–Kier alpha value is -6.01. The number of benzene rings is 6. The molecular formula is C63H85BrCl2CuF6N8NaO7. The Morgan fingerprint density at radius 1 is 0.461 bits per heavy atom. The van der Waals surface area contributed by atoms with E-state index in [4.69, 9.17) is 16.6 Å². The Morgan fingerprint density at radius 2 is 0.697 bits per heavy atom. The van der Waals surface area contributed by atoms with Crippen molar-refractivity contribution in [1.29, 1.82) is 0 Å². The SMILES string of the molecule is C.CCNC(=O)Nc1cc(C)c(C(=O)O)c(C)c1.CCNC(=O)Nc1cc(C)c(C)c(C)c1.Cc1cc(C)cc(N)c1.Cc1cc(N)cc(C)c1C.Cc1cc(NC(=O)C(F)(F)F)cc(C)c1Br.Cc1cc(NC(=O)C(F)(F)F)cc(C)c1C.Cl.[Cl][Cu].[Na+].[OH-]. The minimum Gasteiger partial charge on any atom is -0.870 e. The standard InChI is InChI=1S/C12H16N2O3.C12H18N2O.C11H12F3NO.C10H9BrF3NO.C9H13N.C8H11N.CH4.2ClH.Cu.Na.H2O/c1-4-13-12(17)14-9-5-7(2)10(11(15)16)8(3)6-9;1-5-13-12(15)14-11-6-8(2)10(4)9(3)7-11;1-6-4-9(5-7(2)8(6)3)15-10(16)11(12,13)14;1-5-3-7(4-6(2)8(5)11)15-9(16)10(12,13)14;1-6-4-9(10)5-7(2)8(6)3;1-6-3-7(2)5-8(9)4-6;;;;;;/h5-6H,4H2,1-3H3,(H,15,16)(H2,13,14,17);6-7H,5H2,1-4H3,(H2,13,14,15);4-5H,1-3H3,(H,15,16);3-4H,1-2H3,(H,15,16);4-5H,10H2,1-3H3;3-5H,9H2,1-2H3;1H4;2*1H;;;1H2/q;;;;;;;;;2*+1;/p-2. The molecule has 6 amide bonds. The van der Waals surface area contributed by atoms with Crippen LogP contribution in [0, 0.1) is 104 Å². The van der Waals surface area contributed by atoms with Crippen molar-refractivity contribution in [1.82, 2.24) is 10.6 Å². The molecule has 89 heavy (non-hydrogen) atoms. The van der Waals surface area contributed by atoms with E-state index in [1.165, 1.54) is 68.8 Å². The summed E-state index contributed by atoms with van der Waals surface area (Å²) in [5.41, 5.74) is 30.4. The predicted octanol–water partition coefficient (Wildman–Crippen LogP) is 14.2. The van der Waals surface area contributed by atoms with Crippen molar-refractivity contribution in [3.8, 4) is 0 Å². The van der Waals surface area contributed by atoms with Gasteiger partial charge in [-0.3, -0.25) is 9.59 Å². The number of anilines is 6. The number of hydrogen-bond donors (Lipinski definition) is 9. The number of halogens is 9. The van der Waals surface area contributed by atoms with Crippen molar-refractivity contribution in [2.75, 3.05) is 45.8 Å². The molecule has 0 heterocycles. The first-order valence-corrected chi connectivity index (χ1v) is 28.2. The van der Waals surface area contributed by atoms with Crippen LogP contribution in [0.15, 0.2) is 83.3 Å². The third kappa shape index (κ3) is 34.1. The summed E-state index contributed by atoms with van der Waals surface area (Å²) in [5, 5.41) is 23.4. The summed E-state index contributed by atoms with van der Waals surface area (Å²) in [4.78, 5) is 55.0. The minimum atomic E-state index is -4.87. The summed E-state index contributed by atoms with van der Waals surface area (Å²) < 4.78 is 72.8. The minimum absolute atomic E-state index is 0. The Morgan fingerprint density at radius 3 is 0.944 bits per heavy atom. The number of rotatable bonds is 7. The fourth-order valence-electron chi connectivity index (χ4n) is 7.76. The summed E-state index contributed by atoms with van der Waals surface area (Å²) in [7, 11) is 4.20. The molecule has 6 aromatic rings. The molecule has 0 spiro atoms. The second-order valence-electron chi connectivity index (χ2n) is 19.8. The Kier molecular flexibility index (Phi) is 45.0. The molecule has 15 nitrogen and oxygen atoms in total. The summed E-state index contributed by atoms with van der Waals surface area (Å²) in [6, 6.07) is 22.8. The van der Waals surface area contributed by atoms with Crippen molar-refractivity contribution in [3.63, 3.8) is 0 Å². The van der Waals surface area contributed by atoms with Crippen molar-refractivity contribution >= 4 is 102 Å². The van der Waals surface area contributed by atoms with E-state index in [0.717, 1.165) is 49.4 Å². The maximum atomic E-state index is 12.0. The van der Waals surface area contributed by atoms with Crippen LogP contribution in [0.3, 0.4) is 0 Å². The van der Waals surface area contributed by atoms with Crippen molar-refractivity contribution in [3.05, 3.63) is 172 Å². The Labute approximate surface area is 570 Å². The molecule has 6 rings (SSSR count). The third-order valence-corrected chi connectivity index (χ3v) is 13.7. The van der Waals surface area contributed by atoms with Gasteiger partial charge in [0.15, 0.2) is 0 Å². The first kappa shape index (κ1) is 91.7. The predicted molar refractivity (Wildman–Crippen MR) is 350 cm³/mol. The Bertz CT molecular complexity index is 3040. The largest absolute Gasteiger partial charge is 1.00 e. The van der Waals surface area contributed by atoms with Crippen LogP contribution in [0.2, 0.25) is 0 Å². The topological polar surface area (TPSA) is 260 Å². The maximum Gasteiger partial charge on any atom is 1.00 e. The fourth-order valence-corrected chi connectivity index (χ4v) is 7.99. The zero-order valence-corrected chi connectivity index (χ0v) is 58.8. The number of nitrogens with two attached hydrogens (primary N) is 2. The molecular weight excluding hydrogens is 1330 g/mol. The first-order chi connectivity index (χ1) is 39.2. The molecule has 12 N–H and O–H groups in total. The molecule has 0 radical (unpaired) electrons. The van der Waals surface area contributed by atoms with Crippen LogP contribution >= 0.6 is 38.4 Å². The van der Waals surface area contributed by atoms with Crippen LogP contribution in [0.1, 0.15) is 115 Å². The van der Waals surface area contributed by atoms with Crippen LogP contribution in [-0.4, -0.2) is 65.9 Å². The molecule has 0 fully saturated rings. The normalized spacial score (nSPS) is 9.79. The van der Waals surface area contributed by atoms with Gasteiger partial charge in [-0.25, -0.2) is 14.4 Å². The second kappa shape index (κ2) is 43.7. The number of carbonyl (C=O) groups excluding carboxylic acids is 4. The zero-order valence-electron chi connectivity index (χ0n) is 52.7. The molecule has 0 aliphatic carbocycles. The molecule has 0 bridgehead atoms. The summed E-state index contributed by atoms with van der Waals surface area (Å²) in [6.45, 7) is 33.8. The van der Waals surface area contributed by atoms with Gasteiger partial charge in [-0.2, -0.15) is 26.3 Å². The van der Waals surface area contributed by atoms with E-state index in [2.05, 4.69) is 96.2 Å². The molecule has 0 saturated heterocycles. The number of carboxylic acid groups (broad SMARTS) is 1. The first-order valence-electron chi connectivity index (χ1n) is 26.1. The third-order valence-electron chi connectivity index (χ3n) is 12.5. The molecule has 494 valence electrons. The van der Waals surface area contributed by atoms with Crippen LogP contribution < -0.4 is 72.9 Å². The smallest absolute Gasteiger partial charge is 0.870 e. The molecule has 0 aliphatic rings. The van der Waals surface area contributed by atoms with Gasteiger partial charge in [0.2, 0.25) is 0 Å². The van der Waals surface area contributed by atoms with Crippen LogP contribution in [-0.2, 0) is 24.7 Å². The molecule has 0 aromatic heterocycles. The molecule has 0 unspecified atom stereocenters. The van der Waals surface area contributed by atoms with E-state index >= 15 is 0 Å². The van der Waals surface area contributed by atoms with Crippen LogP contribution in [0.5, 0.6) is 0 Å². The van der Waals surface area contributed by atoms with Crippen molar-refractivity contribution in [2.24, 2.45) is 0 Å². The van der Waals surface area contributed by atoms with Crippen LogP contribution in [0.25, 0.3) is 0 Å². The maximum absolute atomic E-state index is 12.0. The van der Waals surface area contributed by atoms with Crippen LogP contribution in [0.4, 0.5) is 70.1 Å². The monoisotopic (exact) mass is 1410 g/mol. The second-order valence-corrected chi connectivity index (χ2v) is 20.6. The number of carboxylic acids is 1. The molecule has 0 saturated carbocycles. The average molecular weight is 1420 g/mol. The number of aromatic carboxylic acids is 1. The van der Waals surface area contributed by atoms with Gasteiger partial charge >= 0.3 is 97.0 Å². The van der Waals surface area contributed by atoms with Gasteiger partial charge in [-0.1, -0.05) is 29.4 Å². The number of hydrogen-bond acceptors (Lipinski definition) is 8. The summed E-state index contributed by atoms with van der Waals surface area (Å²) >= 11 is 6.94. The average Bonchev–Trinajstić information content (AvgIpc) is 3.59. The van der Waals surface area contributed by atoms with Gasteiger partial charge in [-0.15, -0.1) is 12.4 Å². The summed E-state index contributed by atoms with van der Waals surface area (Å²) in [5.74, 6) is -4.87. The zero-order chi connectivity index (χ0) is 66.0. The van der Waals surface area contributed by atoms with E-state index in [1.807, 2.05) is 90.2 Å². The Balaban J connectivity index is -0.000000316. The van der Waals surface area contributed by atoms with Gasteiger partial charge in [0.1, 0.15) is 0 Å². The van der Waals surface area contributed by atoms with Gasteiger partial charge in [0.05, 0.1) is 5.56 Å². The van der Waals surface area contributed by atoms with E-state index in [0.29, 0.717) is 29.9 Å². The molecule has 6 aromatic carbocycles. The molecule has 0 aliphatic heterocycles. The van der Waals surface area contributed by atoms with E-state index in [-0.39, 0.29) is 83.9 Å². The van der Waals surface area contributed by atoms with E-state index < -0.39 is 30.1 Å². The van der Waals surface area contributed by atoms with E-state index in [1.54, 1.807) is 59.0 Å². The van der Waals surface area contributed by atoms with Gasteiger partial charge in [0, 0.05) is 51.7 Å². The number of alkyl halides is 6. The number of nitrogens with one attached hydrogen (secondary N) is 6. The molecule has 0 atom stereocenters. The van der Waals surface area contributed by atoms with Gasteiger partial charge in [0.25, 0.3) is 0 Å². The van der Waals surface area contributed by atoms with Crippen molar-refractivity contribution < 1.29 is 106 Å². The van der Waals surface area contributed by atoms with Gasteiger partial charge < -0.3 is 54.0 Å². The van der Waals surface area contributed by atoms with Gasteiger partial charge in [-0.05, 0) is 274 Å². The van der Waals surface area contributed by atoms with Crippen molar-refractivity contribution in [2.45, 2.75) is 137 Å². The number of carbonyl (C=O) groups is 5. The fraction of sp³-hybridized carbons (Fsp3) is 0.349. The van der Waals surface area contributed by atoms with E-state index in [9.17, 15) is 50.3 Å². The number of amides is 6. The molecule has 26 heteroatoms. The number of aryl methyl sites for hydroxylation is 12. The quantitative estimate of drug-likeness (QED) is 0.0418. The summed E-state index contributed by atoms with van der Waals surface area (Å²) in [6.07, 6.45) is -9.72. The number of nitrogen functional groups attached to an aromatic ring is 2.